The molecule has 0 N–H and O–H groups in total. The quantitative estimate of drug-likeness (QED) is 0.599. The highest BCUT2D eigenvalue weighted by Gasteiger charge is 2.36. The average molecular weight is 200 g/mol. The van der Waals surface area contributed by atoms with Crippen LogP contribution < -0.4 is 0 Å². The fraction of sp³-hybridized carbons (Fsp3) is 1.00. The minimum atomic E-state index is -0.128. The largest absolute Gasteiger partial charge is 0.251 e. The van der Waals surface area contributed by atoms with Crippen LogP contribution in [-0.4, -0.2) is 6.67 Å². The zero-order valence-electron chi connectivity index (χ0n) is 10.1. The van der Waals surface area contributed by atoms with E-state index in [1.54, 1.807) is 0 Å². The summed E-state index contributed by atoms with van der Waals surface area (Å²) in [4.78, 5) is 0. The summed E-state index contributed by atoms with van der Waals surface area (Å²) in [6.45, 7) is 8.71. The maximum Gasteiger partial charge on any atom is 0.0927 e. The molecule has 0 aromatic rings. The Morgan fingerprint density at radius 3 is 2.21 bits per heavy atom. The first-order valence-corrected chi connectivity index (χ1v) is 6.16. The van der Waals surface area contributed by atoms with Crippen molar-refractivity contribution >= 4 is 0 Å². The Morgan fingerprint density at radius 1 is 1.36 bits per heavy atom. The molecule has 1 aliphatic rings. The second kappa shape index (κ2) is 5.14. The van der Waals surface area contributed by atoms with Gasteiger partial charge in [0.15, 0.2) is 0 Å². The molecule has 0 aromatic heterocycles. The van der Waals surface area contributed by atoms with Gasteiger partial charge in [-0.3, -0.25) is 4.39 Å². The van der Waals surface area contributed by atoms with Gasteiger partial charge in [0, 0.05) is 0 Å². The number of halogens is 1. The van der Waals surface area contributed by atoms with Crippen molar-refractivity contribution in [2.24, 2.45) is 29.6 Å². The second-order valence-corrected chi connectivity index (χ2v) is 5.44. The second-order valence-electron chi connectivity index (χ2n) is 5.44. The van der Waals surface area contributed by atoms with Crippen LogP contribution in [-0.2, 0) is 0 Å². The third-order valence-electron chi connectivity index (χ3n) is 4.05. The lowest BCUT2D eigenvalue weighted by Gasteiger charge is -2.27. The van der Waals surface area contributed by atoms with Gasteiger partial charge in [0.2, 0.25) is 0 Å². The topological polar surface area (TPSA) is 0 Å². The summed E-state index contributed by atoms with van der Waals surface area (Å²) in [5.41, 5.74) is 0. The Bertz CT molecular complexity index is 165. The predicted molar refractivity (Wildman–Crippen MR) is 60.0 cm³/mol. The average Bonchev–Trinajstić information content (AvgIpc) is 2.80. The van der Waals surface area contributed by atoms with Crippen LogP contribution in [0.3, 0.4) is 0 Å². The summed E-state index contributed by atoms with van der Waals surface area (Å²) >= 11 is 0. The van der Waals surface area contributed by atoms with Crippen LogP contribution in [0.5, 0.6) is 0 Å². The molecule has 1 aliphatic carbocycles. The van der Waals surface area contributed by atoms with E-state index in [9.17, 15) is 4.39 Å². The number of rotatable bonds is 6. The Kier molecular flexibility index (Phi) is 4.40. The maximum atomic E-state index is 12.9. The zero-order chi connectivity index (χ0) is 10.7. The lowest BCUT2D eigenvalue weighted by Crippen LogP contribution is -2.22. The van der Waals surface area contributed by atoms with Crippen molar-refractivity contribution in [1.82, 2.24) is 0 Å². The normalized spacial score (nSPS) is 30.4. The molecule has 84 valence electrons. The lowest BCUT2D eigenvalue weighted by molar-refractivity contribution is 0.177. The van der Waals surface area contributed by atoms with Crippen LogP contribution in [0.15, 0.2) is 0 Å². The van der Waals surface area contributed by atoms with E-state index >= 15 is 0 Å². The Morgan fingerprint density at radius 2 is 1.93 bits per heavy atom. The van der Waals surface area contributed by atoms with E-state index in [0.29, 0.717) is 17.8 Å². The summed E-state index contributed by atoms with van der Waals surface area (Å²) in [5.74, 6) is 3.24. The molecule has 14 heavy (non-hydrogen) atoms. The monoisotopic (exact) mass is 200 g/mol. The summed E-state index contributed by atoms with van der Waals surface area (Å²) in [6, 6.07) is 0. The van der Waals surface area contributed by atoms with Crippen molar-refractivity contribution in [3.8, 4) is 0 Å². The van der Waals surface area contributed by atoms with E-state index in [-0.39, 0.29) is 6.67 Å². The van der Waals surface area contributed by atoms with Crippen molar-refractivity contribution < 1.29 is 4.39 Å². The van der Waals surface area contributed by atoms with Crippen molar-refractivity contribution in [3.05, 3.63) is 0 Å². The van der Waals surface area contributed by atoms with Crippen LogP contribution in [0, 0.1) is 29.6 Å². The van der Waals surface area contributed by atoms with Crippen molar-refractivity contribution in [2.75, 3.05) is 6.67 Å². The molecule has 4 atom stereocenters. The smallest absolute Gasteiger partial charge is 0.0927 e. The number of hydrogen-bond acceptors (Lipinski definition) is 0. The van der Waals surface area contributed by atoms with Crippen molar-refractivity contribution in [2.45, 2.75) is 47.0 Å². The highest BCUT2D eigenvalue weighted by Crippen LogP contribution is 2.45. The number of hydrogen-bond donors (Lipinski definition) is 0. The highest BCUT2D eigenvalue weighted by molar-refractivity contribution is 4.86. The first kappa shape index (κ1) is 12.0. The maximum absolute atomic E-state index is 12.9. The Hall–Kier alpha value is -0.0700. The van der Waals surface area contributed by atoms with Gasteiger partial charge in [-0.2, -0.15) is 0 Å². The molecular formula is C13H25F. The van der Waals surface area contributed by atoms with Gasteiger partial charge in [0.1, 0.15) is 0 Å². The van der Waals surface area contributed by atoms with Gasteiger partial charge in [-0.1, -0.05) is 34.1 Å². The minimum Gasteiger partial charge on any atom is -0.251 e. The lowest BCUT2D eigenvalue weighted by atomic mass is 9.79. The van der Waals surface area contributed by atoms with E-state index in [4.69, 9.17) is 0 Å². The van der Waals surface area contributed by atoms with E-state index in [2.05, 4.69) is 27.7 Å². The van der Waals surface area contributed by atoms with Gasteiger partial charge >= 0.3 is 0 Å². The van der Waals surface area contributed by atoms with Gasteiger partial charge in [0.25, 0.3) is 0 Å². The van der Waals surface area contributed by atoms with Crippen molar-refractivity contribution in [3.63, 3.8) is 0 Å². The molecule has 1 saturated carbocycles. The fourth-order valence-electron chi connectivity index (χ4n) is 2.61. The van der Waals surface area contributed by atoms with Crippen molar-refractivity contribution in [1.29, 1.82) is 0 Å². The summed E-state index contributed by atoms with van der Waals surface area (Å²) in [7, 11) is 0. The molecule has 0 nitrogen and oxygen atoms in total. The fourth-order valence-corrected chi connectivity index (χ4v) is 2.61. The Labute approximate surface area is 88.3 Å². The summed E-state index contributed by atoms with van der Waals surface area (Å²) in [5, 5.41) is 0. The third-order valence-corrected chi connectivity index (χ3v) is 4.05. The van der Waals surface area contributed by atoms with Gasteiger partial charge in [-0.25, -0.2) is 0 Å². The van der Waals surface area contributed by atoms with Crippen LogP contribution in [0.25, 0.3) is 0 Å². The standard InChI is InChI=1S/C13H25F/c1-5-11(7-12-6-10(12)4)13(8-14)9(2)3/h9-13H,5-8H2,1-4H3. The number of alkyl halides is 1. The summed E-state index contributed by atoms with van der Waals surface area (Å²) in [6.07, 6.45) is 3.80. The minimum absolute atomic E-state index is 0.128. The van der Waals surface area contributed by atoms with E-state index < -0.39 is 0 Å². The van der Waals surface area contributed by atoms with Crippen LogP contribution in [0.2, 0.25) is 0 Å². The SMILES string of the molecule is CCC(CC1CC1C)C(CF)C(C)C. The summed E-state index contributed by atoms with van der Waals surface area (Å²) < 4.78 is 12.9. The van der Waals surface area contributed by atoms with Crippen LogP contribution >= 0.6 is 0 Å². The van der Waals surface area contributed by atoms with Crippen LogP contribution in [0.1, 0.15) is 47.0 Å². The molecule has 0 aliphatic heterocycles. The highest BCUT2D eigenvalue weighted by atomic mass is 19.1. The van der Waals surface area contributed by atoms with Gasteiger partial charge in [-0.15, -0.1) is 0 Å². The first-order chi connectivity index (χ1) is 6.60. The Balaban J connectivity index is 2.42. The van der Waals surface area contributed by atoms with Gasteiger partial charge < -0.3 is 0 Å². The molecule has 0 radical (unpaired) electrons. The molecule has 4 unspecified atom stereocenters. The molecule has 0 saturated heterocycles. The van der Waals surface area contributed by atoms with E-state index in [1.807, 2.05) is 0 Å². The molecule has 0 heterocycles. The molecule has 1 fully saturated rings. The molecular weight excluding hydrogens is 175 g/mol. The molecule has 0 spiro atoms. The molecule has 0 aromatic carbocycles. The van der Waals surface area contributed by atoms with E-state index in [1.165, 1.54) is 12.8 Å². The van der Waals surface area contributed by atoms with Gasteiger partial charge in [-0.05, 0) is 42.4 Å². The van der Waals surface area contributed by atoms with E-state index in [0.717, 1.165) is 18.3 Å². The van der Waals surface area contributed by atoms with Crippen LogP contribution in [0.4, 0.5) is 4.39 Å². The molecule has 1 rings (SSSR count). The zero-order valence-corrected chi connectivity index (χ0v) is 10.1. The predicted octanol–water partition coefficient (Wildman–Crippen LogP) is 4.30. The molecule has 1 heteroatoms. The molecule has 0 amide bonds. The third kappa shape index (κ3) is 2.96. The van der Waals surface area contributed by atoms with Gasteiger partial charge in [0.05, 0.1) is 6.67 Å². The first-order valence-electron chi connectivity index (χ1n) is 6.16. The molecule has 0 bridgehead atoms.